The Morgan fingerprint density at radius 3 is 2.47 bits per heavy atom. The van der Waals surface area contributed by atoms with E-state index in [0.717, 1.165) is 12.8 Å². The molecule has 1 atom stereocenters. The number of rotatable bonds is 2. The smallest absolute Gasteiger partial charge is 0.191 e. The van der Waals surface area contributed by atoms with Gasteiger partial charge in [0, 0.05) is 13.1 Å². The van der Waals surface area contributed by atoms with Crippen molar-refractivity contribution in [1.29, 1.82) is 0 Å². The summed E-state index contributed by atoms with van der Waals surface area (Å²) in [5, 5.41) is 0. The van der Waals surface area contributed by atoms with Crippen LogP contribution < -0.4 is 5.73 Å². The van der Waals surface area contributed by atoms with Gasteiger partial charge in [-0.1, -0.05) is 12.8 Å². The molecule has 2 rings (SSSR count). The first kappa shape index (κ1) is 12.7. The van der Waals surface area contributed by atoms with Crippen molar-refractivity contribution in [3.05, 3.63) is 0 Å². The van der Waals surface area contributed by atoms with E-state index < -0.39 is 9.84 Å². The first-order valence-electron chi connectivity index (χ1n) is 6.24. The fourth-order valence-electron chi connectivity index (χ4n) is 2.58. The third kappa shape index (κ3) is 3.12. The fraction of sp³-hybridized carbons (Fsp3) is 0.909. The van der Waals surface area contributed by atoms with Crippen LogP contribution in [0.2, 0.25) is 0 Å². The highest BCUT2D eigenvalue weighted by atomic mass is 32.2. The normalized spacial score (nSPS) is 29.7. The predicted octanol–water partition coefficient (Wildman–Crippen LogP) is 0.363. The van der Waals surface area contributed by atoms with Crippen molar-refractivity contribution < 1.29 is 8.42 Å². The van der Waals surface area contributed by atoms with Crippen LogP contribution in [0.5, 0.6) is 0 Å². The molecule has 98 valence electrons. The van der Waals surface area contributed by atoms with Crippen LogP contribution in [0.4, 0.5) is 0 Å². The maximum absolute atomic E-state index is 11.4. The monoisotopic (exact) mass is 259 g/mol. The van der Waals surface area contributed by atoms with Gasteiger partial charge in [0.1, 0.15) is 0 Å². The molecule has 0 aromatic carbocycles. The Kier molecular flexibility index (Phi) is 3.61. The van der Waals surface area contributed by atoms with Gasteiger partial charge in [-0.2, -0.15) is 0 Å². The van der Waals surface area contributed by atoms with Crippen LogP contribution in [0, 0.1) is 0 Å². The molecule has 1 saturated carbocycles. The number of aliphatic imine (C=N–C) groups is 1. The summed E-state index contributed by atoms with van der Waals surface area (Å²) in [6.07, 6.45) is 5.33. The molecule has 0 amide bonds. The molecule has 5 nitrogen and oxygen atoms in total. The van der Waals surface area contributed by atoms with E-state index in [0.29, 0.717) is 18.4 Å². The third-order valence-electron chi connectivity index (χ3n) is 3.76. The second-order valence-electron chi connectivity index (χ2n) is 5.09. The number of guanidine groups is 1. The molecule has 1 unspecified atom stereocenters. The molecule has 17 heavy (non-hydrogen) atoms. The van der Waals surface area contributed by atoms with Crippen molar-refractivity contribution in [3.63, 3.8) is 0 Å². The Morgan fingerprint density at radius 2 is 1.94 bits per heavy atom. The Balaban J connectivity index is 1.97. The number of nitrogens with two attached hydrogens (primary N) is 1. The Hall–Kier alpha value is -0.780. The molecule has 0 spiro atoms. The molecule has 1 heterocycles. The lowest BCUT2D eigenvalue weighted by molar-refractivity contribution is 0.389. The van der Waals surface area contributed by atoms with Gasteiger partial charge < -0.3 is 10.6 Å². The Bertz CT molecular complexity index is 399. The van der Waals surface area contributed by atoms with Crippen molar-refractivity contribution in [1.82, 2.24) is 4.90 Å². The SMILES string of the molecule is CN(C(N)=NC1CCCC1)C1CCS(=O)(=O)C1. The fourth-order valence-corrected chi connectivity index (χ4v) is 4.35. The molecule has 1 saturated heterocycles. The summed E-state index contributed by atoms with van der Waals surface area (Å²) >= 11 is 0. The minimum atomic E-state index is -2.85. The molecule has 1 aliphatic carbocycles. The van der Waals surface area contributed by atoms with Gasteiger partial charge in [-0.15, -0.1) is 0 Å². The summed E-state index contributed by atoms with van der Waals surface area (Å²) in [7, 11) is -1.01. The van der Waals surface area contributed by atoms with Crippen molar-refractivity contribution in [2.24, 2.45) is 10.7 Å². The van der Waals surface area contributed by atoms with E-state index in [4.69, 9.17) is 5.73 Å². The van der Waals surface area contributed by atoms with E-state index in [1.807, 2.05) is 11.9 Å². The van der Waals surface area contributed by atoms with Crippen LogP contribution >= 0.6 is 0 Å². The van der Waals surface area contributed by atoms with Crippen LogP contribution in [0.25, 0.3) is 0 Å². The van der Waals surface area contributed by atoms with Gasteiger partial charge >= 0.3 is 0 Å². The van der Waals surface area contributed by atoms with Gasteiger partial charge in [-0.25, -0.2) is 13.4 Å². The molecule has 0 aromatic rings. The standard InChI is InChI=1S/C11H21N3O2S/c1-14(10-6-7-17(15,16)8-10)11(12)13-9-4-2-3-5-9/h9-10H,2-8H2,1H3,(H2,12,13). The number of hydrogen-bond donors (Lipinski definition) is 1. The van der Waals surface area contributed by atoms with E-state index in [1.54, 1.807) is 0 Å². The summed E-state index contributed by atoms with van der Waals surface area (Å²) in [6, 6.07) is 0.348. The molecule has 0 aromatic heterocycles. The summed E-state index contributed by atoms with van der Waals surface area (Å²) in [4.78, 5) is 6.33. The van der Waals surface area contributed by atoms with E-state index in [1.165, 1.54) is 12.8 Å². The minimum Gasteiger partial charge on any atom is -0.370 e. The molecule has 6 heteroatoms. The van der Waals surface area contributed by atoms with Gasteiger partial charge in [0.25, 0.3) is 0 Å². The van der Waals surface area contributed by atoms with Gasteiger partial charge in [-0.05, 0) is 19.3 Å². The van der Waals surface area contributed by atoms with Gasteiger partial charge in [-0.3, -0.25) is 0 Å². The van der Waals surface area contributed by atoms with Gasteiger partial charge in [0.2, 0.25) is 0 Å². The highest BCUT2D eigenvalue weighted by Crippen LogP contribution is 2.22. The van der Waals surface area contributed by atoms with E-state index >= 15 is 0 Å². The summed E-state index contributed by atoms with van der Waals surface area (Å²) < 4.78 is 22.8. The van der Waals surface area contributed by atoms with Gasteiger partial charge in [0.05, 0.1) is 17.5 Å². The summed E-state index contributed by atoms with van der Waals surface area (Å²) in [5.41, 5.74) is 5.95. The topological polar surface area (TPSA) is 75.8 Å². The number of sulfone groups is 1. The zero-order chi connectivity index (χ0) is 12.5. The lowest BCUT2D eigenvalue weighted by Gasteiger charge is -2.25. The molecule has 2 aliphatic rings. The zero-order valence-corrected chi connectivity index (χ0v) is 11.1. The molecule has 1 aliphatic heterocycles. The predicted molar refractivity (Wildman–Crippen MR) is 68.7 cm³/mol. The Morgan fingerprint density at radius 1 is 1.29 bits per heavy atom. The summed E-state index contributed by atoms with van der Waals surface area (Å²) in [6.45, 7) is 0. The first-order chi connectivity index (χ1) is 7.98. The average Bonchev–Trinajstić information content (AvgIpc) is 2.86. The number of hydrogen-bond acceptors (Lipinski definition) is 3. The molecule has 0 bridgehead atoms. The first-order valence-corrected chi connectivity index (χ1v) is 8.06. The van der Waals surface area contributed by atoms with Crippen LogP contribution in [0.15, 0.2) is 4.99 Å². The lowest BCUT2D eigenvalue weighted by Crippen LogP contribution is -2.43. The molecule has 0 radical (unpaired) electrons. The van der Waals surface area contributed by atoms with Crippen LogP contribution in [-0.2, 0) is 9.84 Å². The molecule has 2 fully saturated rings. The Labute approximate surface area is 103 Å². The van der Waals surface area contributed by atoms with Crippen molar-refractivity contribution >= 4 is 15.8 Å². The van der Waals surface area contributed by atoms with Crippen molar-refractivity contribution in [3.8, 4) is 0 Å². The molecular formula is C11H21N3O2S. The lowest BCUT2D eigenvalue weighted by atomic mass is 10.2. The molecule has 2 N–H and O–H groups in total. The summed E-state index contributed by atoms with van der Waals surface area (Å²) in [5.74, 6) is 0.988. The second kappa shape index (κ2) is 4.84. The van der Waals surface area contributed by atoms with Crippen LogP contribution in [0.1, 0.15) is 32.1 Å². The minimum absolute atomic E-state index is 0.00477. The van der Waals surface area contributed by atoms with E-state index in [9.17, 15) is 8.42 Å². The maximum atomic E-state index is 11.4. The van der Waals surface area contributed by atoms with Gasteiger partial charge in [0.15, 0.2) is 15.8 Å². The highest BCUT2D eigenvalue weighted by Gasteiger charge is 2.31. The third-order valence-corrected chi connectivity index (χ3v) is 5.51. The highest BCUT2D eigenvalue weighted by molar-refractivity contribution is 7.91. The van der Waals surface area contributed by atoms with E-state index in [-0.39, 0.29) is 17.5 Å². The number of nitrogens with zero attached hydrogens (tertiary/aromatic N) is 2. The largest absolute Gasteiger partial charge is 0.370 e. The van der Waals surface area contributed by atoms with Crippen LogP contribution in [0.3, 0.4) is 0 Å². The molecular weight excluding hydrogens is 238 g/mol. The zero-order valence-electron chi connectivity index (χ0n) is 10.3. The maximum Gasteiger partial charge on any atom is 0.191 e. The second-order valence-corrected chi connectivity index (χ2v) is 7.32. The average molecular weight is 259 g/mol. The van der Waals surface area contributed by atoms with Crippen LogP contribution in [-0.4, -0.2) is 49.9 Å². The van der Waals surface area contributed by atoms with E-state index in [2.05, 4.69) is 4.99 Å². The van der Waals surface area contributed by atoms with Crippen molar-refractivity contribution in [2.75, 3.05) is 18.6 Å². The van der Waals surface area contributed by atoms with Crippen molar-refractivity contribution in [2.45, 2.75) is 44.2 Å². The quantitative estimate of drug-likeness (QED) is 0.574.